The number of likely N-dealkylation sites (N-methyl/N-ethyl adjacent to an activating group) is 1. The molecule has 0 aliphatic rings. The Labute approximate surface area is 124 Å². The fraction of sp³-hybridized carbons (Fsp3) is 0.250. The Morgan fingerprint density at radius 1 is 1.11 bits per heavy atom. The summed E-state index contributed by atoms with van der Waals surface area (Å²) in [6.07, 6.45) is 0.887. The summed E-state index contributed by atoms with van der Waals surface area (Å²) in [5, 5.41) is 4.77. The van der Waals surface area contributed by atoms with Crippen molar-refractivity contribution in [2.45, 2.75) is 19.4 Å². The molecule has 0 fully saturated rings. The van der Waals surface area contributed by atoms with Crippen LogP contribution in [0.15, 0.2) is 42.5 Å². The second kappa shape index (κ2) is 6.42. The van der Waals surface area contributed by atoms with Gasteiger partial charge in [0.2, 0.25) is 0 Å². The first-order valence-electron chi connectivity index (χ1n) is 6.28. The maximum Gasteiger partial charge on any atom is 0.0454 e. The van der Waals surface area contributed by atoms with Crippen LogP contribution >= 0.6 is 23.2 Å². The van der Waals surface area contributed by atoms with Crippen LogP contribution in [0.1, 0.15) is 22.7 Å². The third-order valence-electron chi connectivity index (χ3n) is 3.20. The first-order valence-corrected chi connectivity index (χ1v) is 7.03. The van der Waals surface area contributed by atoms with Crippen molar-refractivity contribution < 1.29 is 0 Å². The predicted octanol–water partition coefficient (Wildman–Crippen LogP) is 4.81. The van der Waals surface area contributed by atoms with Crippen molar-refractivity contribution in [2.75, 3.05) is 7.05 Å². The molecule has 0 saturated heterocycles. The van der Waals surface area contributed by atoms with Gasteiger partial charge in [0.25, 0.3) is 0 Å². The third kappa shape index (κ3) is 3.73. The van der Waals surface area contributed by atoms with Crippen LogP contribution in [-0.4, -0.2) is 7.05 Å². The van der Waals surface area contributed by atoms with E-state index in [-0.39, 0.29) is 6.04 Å². The van der Waals surface area contributed by atoms with Crippen LogP contribution in [0.4, 0.5) is 0 Å². The molecule has 1 unspecified atom stereocenters. The smallest absolute Gasteiger partial charge is 0.0454 e. The lowest BCUT2D eigenvalue weighted by atomic mass is 9.98. The van der Waals surface area contributed by atoms with Gasteiger partial charge in [0.1, 0.15) is 0 Å². The molecule has 2 aromatic carbocycles. The Balaban J connectivity index is 2.27. The summed E-state index contributed by atoms with van der Waals surface area (Å²) in [5.41, 5.74) is 3.60. The van der Waals surface area contributed by atoms with Gasteiger partial charge in [-0.1, -0.05) is 53.0 Å². The molecular weight excluding hydrogens is 277 g/mol. The Kier molecular flexibility index (Phi) is 4.87. The molecule has 0 aliphatic carbocycles. The van der Waals surface area contributed by atoms with Gasteiger partial charge in [0.05, 0.1) is 0 Å². The summed E-state index contributed by atoms with van der Waals surface area (Å²) in [5.74, 6) is 0. The highest BCUT2D eigenvalue weighted by Crippen LogP contribution is 2.28. The molecule has 1 nitrogen and oxygen atoms in total. The number of halogens is 2. The molecule has 0 amide bonds. The molecule has 1 atom stereocenters. The van der Waals surface area contributed by atoms with Gasteiger partial charge in [-0.25, -0.2) is 0 Å². The zero-order valence-electron chi connectivity index (χ0n) is 11.1. The Morgan fingerprint density at radius 2 is 1.89 bits per heavy atom. The quantitative estimate of drug-likeness (QED) is 0.853. The predicted molar refractivity (Wildman–Crippen MR) is 83.1 cm³/mol. The molecule has 0 spiro atoms. The van der Waals surface area contributed by atoms with Gasteiger partial charge in [0, 0.05) is 16.1 Å². The molecule has 0 radical (unpaired) electrons. The van der Waals surface area contributed by atoms with Gasteiger partial charge >= 0.3 is 0 Å². The van der Waals surface area contributed by atoms with Gasteiger partial charge in [0.15, 0.2) is 0 Å². The van der Waals surface area contributed by atoms with Crippen molar-refractivity contribution in [3.8, 4) is 0 Å². The average Bonchev–Trinajstić information content (AvgIpc) is 2.39. The maximum atomic E-state index is 6.27. The zero-order valence-corrected chi connectivity index (χ0v) is 12.6. The second-order valence-electron chi connectivity index (χ2n) is 4.70. The van der Waals surface area contributed by atoms with Crippen molar-refractivity contribution in [1.82, 2.24) is 5.32 Å². The van der Waals surface area contributed by atoms with Gasteiger partial charge in [-0.05, 0) is 49.7 Å². The van der Waals surface area contributed by atoms with E-state index in [0.29, 0.717) is 5.02 Å². The fourth-order valence-electron chi connectivity index (χ4n) is 2.22. The largest absolute Gasteiger partial charge is 0.313 e. The lowest BCUT2D eigenvalue weighted by molar-refractivity contribution is 0.592. The van der Waals surface area contributed by atoms with Crippen molar-refractivity contribution in [2.24, 2.45) is 0 Å². The van der Waals surface area contributed by atoms with E-state index in [1.54, 1.807) is 0 Å². The maximum absolute atomic E-state index is 6.27. The van der Waals surface area contributed by atoms with Crippen LogP contribution in [0, 0.1) is 6.92 Å². The lowest BCUT2D eigenvalue weighted by Gasteiger charge is -2.18. The molecule has 0 saturated carbocycles. The Bertz CT molecular complexity index is 566. The van der Waals surface area contributed by atoms with E-state index in [1.165, 1.54) is 11.1 Å². The summed E-state index contributed by atoms with van der Waals surface area (Å²) >= 11 is 12.3. The second-order valence-corrected chi connectivity index (χ2v) is 5.54. The van der Waals surface area contributed by atoms with Crippen LogP contribution in [-0.2, 0) is 6.42 Å². The molecule has 2 rings (SSSR count). The summed E-state index contributed by atoms with van der Waals surface area (Å²) in [6, 6.07) is 14.3. The molecule has 19 heavy (non-hydrogen) atoms. The zero-order chi connectivity index (χ0) is 13.8. The highest BCUT2D eigenvalue weighted by molar-refractivity contribution is 6.33. The monoisotopic (exact) mass is 293 g/mol. The van der Waals surface area contributed by atoms with E-state index in [0.717, 1.165) is 17.0 Å². The lowest BCUT2D eigenvalue weighted by Crippen LogP contribution is -2.19. The first kappa shape index (κ1) is 14.4. The molecule has 0 aromatic heterocycles. The fourth-order valence-corrected chi connectivity index (χ4v) is 2.65. The van der Waals surface area contributed by atoms with Crippen molar-refractivity contribution >= 4 is 23.2 Å². The van der Waals surface area contributed by atoms with E-state index in [4.69, 9.17) is 23.2 Å². The first-order chi connectivity index (χ1) is 9.10. The van der Waals surface area contributed by atoms with Crippen molar-refractivity contribution in [1.29, 1.82) is 0 Å². The molecule has 100 valence electrons. The normalized spacial score (nSPS) is 12.4. The number of hydrogen-bond donors (Lipinski definition) is 1. The number of aryl methyl sites for hydroxylation is 1. The van der Waals surface area contributed by atoms with E-state index in [2.05, 4.69) is 36.5 Å². The molecule has 0 bridgehead atoms. The van der Waals surface area contributed by atoms with Gasteiger partial charge in [-0.2, -0.15) is 0 Å². The van der Waals surface area contributed by atoms with Crippen molar-refractivity contribution in [3.63, 3.8) is 0 Å². The number of hydrogen-bond acceptors (Lipinski definition) is 1. The number of benzene rings is 2. The van der Waals surface area contributed by atoms with E-state index in [9.17, 15) is 0 Å². The van der Waals surface area contributed by atoms with Gasteiger partial charge in [-0.15, -0.1) is 0 Å². The van der Waals surface area contributed by atoms with Crippen LogP contribution < -0.4 is 5.32 Å². The van der Waals surface area contributed by atoms with Crippen LogP contribution in [0.2, 0.25) is 10.0 Å². The highest BCUT2D eigenvalue weighted by Gasteiger charge is 2.14. The minimum Gasteiger partial charge on any atom is -0.313 e. The summed E-state index contributed by atoms with van der Waals surface area (Å²) < 4.78 is 0. The van der Waals surface area contributed by atoms with E-state index in [1.807, 2.05) is 25.2 Å². The summed E-state index contributed by atoms with van der Waals surface area (Å²) in [6.45, 7) is 2.10. The third-order valence-corrected chi connectivity index (χ3v) is 3.78. The van der Waals surface area contributed by atoms with Crippen LogP contribution in [0.5, 0.6) is 0 Å². The number of nitrogens with one attached hydrogen (secondary N) is 1. The van der Waals surface area contributed by atoms with Gasteiger partial charge in [-0.3, -0.25) is 0 Å². The Morgan fingerprint density at radius 3 is 2.58 bits per heavy atom. The summed E-state index contributed by atoms with van der Waals surface area (Å²) in [4.78, 5) is 0. The molecule has 2 aromatic rings. The Hall–Kier alpha value is -1.02. The van der Waals surface area contributed by atoms with E-state index >= 15 is 0 Å². The van der Waals surface area contributed by atoms with Crippen LogP contribution in [0.3, 0.4) is 0 Å². The molecule has 0 heterocycles. The van der Waals surface area contributed by atoms with Crippen LogP contribution in [0.25, 0.3) is 0 Å². The molecule has 1 N–H and O–H groups in total. The van der Waals surface area contributed by atoms with Gasteiger partial charge < -0.3 is 5.32 Å². The standard InChI is InChI=1S/C16H17Cl2N/c1-11-4-3-5-12(8-11)9-16(19-2)14-10-13(17)6-7-15(14)18/h3-8,10,16,19H,9H2,1-2H3. The number of rotatable bonds is 4. The average molecular weight is 294 g/mol. The minimum atomic E-state index is 0.160. The topological polar surface area (TPSA) is 12.0 Å². The summed E-state index contributed by atoms with van der Waals surface area (Å²) in [7, 11) is 1.94. The SMILES string of the molecule is CNC(Cc1cccc(C)c1)c1cc(Cl)ccc1Cl. The highest BCUT2D eigenvalue weighted by atomic mass is 35.5. The molecule has 3 heteroatoms. The molecule has 0 aliphatic heterocycles. The minimum absolute atomic E-state index is 0.160. The van der Waals surface area contributed by atoms with E-state index < -0.39 is 0 Å². The van der Waals surface area contributed by atoms with Crippen molar-refractivity contribution in [3.05, 3.63) is 69.2 Å². The molecular formula is C16H17Cl2N.